The highest BCUT2D eigenvalue weighted by atomic mass is 14.9. The Morgan fingerprint density at radius 3 is 1.75 bits per heavy atom. The van der Waals surface area contributed by atoms with Crippen LogP contribution in [0.4, 0.5) is 0 Å². The second kappa shape index (κ2) is 2.21. The Morgan fingerprint density at radius 2 is 1.75 bits per heavy atom. The van der Waals surface area contributed by atoms with Crippen LogP contribution in [-0.4, -0.2) is 5.54 Å². The van der Waals surface area contributed by atoms with E-state index in [1.807, 2.05) is 6.92 Å². The molecule has 0 aromatic rings. The van der Waals surface area contributed by atoms with Gasteiger partial charge in [-0.25, -0.2) is 0 Å². The van der Waals surface area contributed by atoms with Crippen molar-refractivity contribution >= 4 is 0 Å². The van der Waals surface area contributed by atoms with Gasteiger partial charge in [0.2, 0.25) is 0 Å². The van der Waals surface area contributed by atoms with E-state index in [1.54, 1.807) is 0 Å². The summed E-state index contributed by atoms with van der Waals surface area (Å²) in [6, 6.07) is 0. The summed E-state index contributed by atoms with van der Waals surface area (Å²) in [5, 5.41) is 3.19. The third-order valence-corrected chi connectivity index (χ3v) is 0.588. The molecule has 8 heavy (non-hydrogen) atoms. The van der Waals surface area contributed by atoms with Gasteiger partial charge < -0.3 is 5.32 Å². The van der Waals surface area contributed by atoms with E-state index >= 15 is 0 Å². The molecule has 0 radical (unpaired) electrons. The van der Waals surface area contributed by atoms with Gasteiger partial charge in [0.15, 0.2) is 0 Å². The normalized spacial score (nSPS) is 11.0. The zero-order valence-corrected chi connectivity index (χ0v) is 6.21. The Morgan fingerprint density at radius 1 is 1.38 bits per heavy atom. The summed E-state index contributed by atoms with van der Waals surface area (Å²) in [5.74, 6) is 0. The first-order valence-corrected chi connectivity index (χ1v) is 2.85. The Hall–Kier alpha value is -0.460. The number of nitrogens with one attached hydrogen (secondary N) is 1. The smallest absolute Gasteiger partial charge is 0.0286 e. The lowest BCUT2D eigenvalue weighted by Crippen LogP contribution is -2.33. The summed E-state index contributed by atoms with van der Waals surface area (Å²) in [4.78, 5) is 0. The topological polar surface area (TPSA) is 12.0 Å². The van der Waals surface area contributed by atoms with E-state index < -0.39 is 0 Å². The van der Waals surface area contributed by atoms with Crippen molar-refractivity contribution in [1.82, 2.24) is 5.32 Å². The number of rotatable bonds is 1. The molecule has 1 N–H and O–H groups in total. The summed E-state index contributed by atoms with van der Waals surface area (Å²) < 4.78 is 0. The van der Waals surface area contributed by atoms with Gasteiger partial charge >= 0.3 is 0 Å². The first-order valence-electron chi connectivity index (χ1n) is 2.85. The van der Waals surface area contributed by atoms with Crippen LogP contribution >= 0.6 is 0 Å². The number of hydrogen-bond donors (Lipinski definition) is 1. The van der Waals surface area contributed by atoms with E-state index in [-0.39, 0.29) is 5.54 Å². The van der Waals surface area contributed by atoms with Gasteiger partial charge in [0, 0.05) is 11.2 Å². The summed E-state index contributed by atoms with van der Waals surface area (Å²) in [6.07, 6.45) is 0. The molecule has 0 spiro atoms. The lowest BCUT2D eigenvalue weighted by molar-refractivity contribution is 0.474. The van der Waals surface area contributed by atoms with E-state index in [9.17, 15) is 0 Å². The summed E-state index contributed by atoms with van der Waals surface area (Å²) in [7, 11) is 0. The van der Waals surface area contributed by atoms with Crippen LogP contribution in [0.15, 0.2) is 12.3 Å². The van der Waals surface area contributed by atoms with Gasteiger partial charge in [-0.3, -0.25) is 0 Å². The highest BCUT2D eigenvalue weighted by Crippen LogP contribution is 2.00. The zero-order chi connectivity index (χ0) is 6.78. The van der Waals surface area contributed by atoms with Crippen molar-refractivity contribution in [2.75, 3.05) is 0 Å². The molecule has 0 aliphatic heterocycles. The molecule has 48 valence electrons. The molecule has 0 saturated carbocycles. The molecule has 1 heteroatoms. The average Bonchev–Trinajstić information content (AvgIpc) is 1.21. The van der Waals surface area contributed by atoms with Crippen molar-refractivity contribution in [1.29, 1.82) is 0 Å². The van der Waals surface area contributed by atoms with Crippen molar-refractivity contribution < 1.29 is 0 Å². The summed E-state index contributed by atoms with van der Waals surface area (Å²) in [6.45, 7) is 12.0. The molecule has 0 rings (SSSR count). The fourth-order valence-corrected chi connectivity index (χ4v) is 0.640. The van der Waals surface area contributed by atoms with Gasteiger partial charge in [-0.1, -0.05) is 6.58 Å². The zero-order valence-electron chi connectivity index (χ0n) is 6.21. The largest absolute Gasteiger partial charge is 0.384 e. The van der Waals surface area contributed by atoms with Crippen LogP contribution < -0.4 is 5.32 Å². The van der Waals surface area contributed by atoms with E-state index in [0.29, 0.717) is 0 Å². The number of allylic oxidation sites excluding steroid dienone is 1. The highest BCUT2D eigenvalue weighted by Gasteiger charge is 2.06. The average molecular weight is 113 g/mol. The fourth-order valence-electron chi connectivity index (χ4n) is 0.640. The van der Waals surface area contributed by atoms with Crippen molar-refractivity contribution in [3.05, 3.63) is 12.3 Å². The second-order valence-electron chi connectivity index (χ2n) is 3.16. The Labute approximate surface area is 51.8 Å². The van der Waals surface area contributed by atoms with Crippen LogP contribution in [0.2, 0.25) is 0 Å². The van der Waals surface area contributed by atoms with Gasteiger partial charge in [0.25, 0.3) is 0 Å². The van der Waals surface area contributed by atoms with Crippen LogP contribution in [0.3, 0.4) is 0 Å². The first kappa shape index (κ1) is 7.54. The molecule has 0 fully saturated rings. The number of hydrogen-bond acceptors (Lipinski definition) is 1. The monoisotopic (exact) mass is 113 g/mol. The van der Waals surface area contributed by atoms with Gasteiger partial charge in [-0.15, -0.1) is 0 Å². The molecule has 0 saturated heterocycles. The van der Waals surface area contributed by atoms with Gasteiger partial charge in [-0.2, -0.15) is 0 Å². The molecule has 0 atom stereocenters. The SMILES string of the molecule is C=C(C)NC(C)(C)C. The van der Waals surface area contributed by atoms with Crippen molar-refractivity contribution in [3.63, 3.8) is 0 Å². The molecular weight excluding hydrogens is 98.1 g/mol. The molecule has 0 bridgehead atoms. The molecule has 0 unspecified atom stereocenters. The van der Waals surface area contributed by atoms with Crippen molar-refractivity contribution in [3.8, 4) is 0 Å². The van der Waals surface area contributed by atoms with E-state index in [4.69, 9.17) is 0 Å². The quantitative estimate of drug-likeness (QED) is 0.547. The van der Waals surface area contributed by atoms with Gasteiger partial charge in [0.05, 0.1) is 0 Å². The molecule has 0 aromatic heterocycles. The Bertz CT molecular complexity index is 87.1. The second-order valence-corrected chi connectivity index (χ2v) is 3.16. The Kier molecular flexibility index (Phi) is 2.08. The minimum Gasteiger partial charge on any atom is -0.384 e. The fraction of sp³-hybridized carbons (Fsp3) is 0.714. The maximum absolute atomic E-state index is 3.73. The van der Waals surface area contributed by atoms with Crippen LogP contribution in [-0.2, 0) is 0 Å². The van der Waals surface area contributed by atoms with E-state index in [2.05, 4.69) is 32.7 Å². The van der Waals surface area contributed by atoms with Crippen LogP contribution in [0.25, 0.3) is 0 Å². The molecule has 1 nitrogen and oxygen atoms in total. The molecule has 0 heterocycles. The Balaban J connectivity index is 3.55. The summed E-state index contributed by atoms with van der Waals surface area (Å²) in [5.41, 5.74) is 1.20. The van der Waals surface area contributed by atoms with Crippen molar-refractivity contribution in [2.45, 2.75) is 33.2 Å². The molecule has 0 aliphatic rings. The molecule has 0 aliphatic carbocycles. The maximum Gasteiger partial charge on any atom is 0.0286 e. The summed E-state index contributed by atoms with van der Waals surface area (Å²) >= 11 is 0. The molecule has 0 aromatic carbocycles. The van der Waals surface area contributed by atoms with Gasteiger partial charge in [-0.05, 0) is 27.7 Å². The van der Waals surface area contributed by atoms with Crippen LogP contribution in [0, 0.1) is 0 Å². The molecular formula is C7H15N. The first-order chi connectivity index (χ1) is 3.42. The van der Waals surface area contributed by atoms with Crippen LogP contribution in [0.1, 0.15) is 27.7 Å². The lowest BCUT2D eigenvalue weighted by Gasteiger charge is -2.21. The van der Waals surface area contributed by atoms with Crippen LogP contribution in [0.5, 0.6) is 0 Å². The molecule has 0 amide bonds. The third-order valence-electron chi connectivity index (χ3n) is 0.588. The lowest BCUT2D eigenvalue weighted by atomic mass is 10.1. The van der Waals surface area contributed by atoms with E-state index in [0.717, 1.165) is 5.70 Å². The highest BCUT2D eigenvalue weighted by molar-refractivity contribution is 4.90. The minimum absolute atomic E-state index is 0.172. The maximum atomic E-state index is 3.73. The standard InChI is InChI=1S/C7H15N/c1-6(2)8-7(3,4)5/h8H,1H2,2-5H3. The van der Waals surface area contributed by atoms with Gasteiger partial charge in [0.1, 0.15) is 0 Å². The third kappa shape index (κ3) is 5.54. The predicted molar refractivity (Wildman–Crippen MR) is 37.7 cm³/mol. The van der Waals surface area contributed by atoms with E-state index in [1.165, 1.54) is 0 Å². The van der Waals surface area contributed by atoms with Crippen molar-refractivity contribution in [2.24, 2.45) is 0 Å². The minimum atomic E-state index is 0.172. The predicted octanol–water partition coefficient (Wildman–Crippen LogP) is 1.91.